The standard InChI is InChI=1S/C20H23F3N2O/c1-25(2)17-11-13(24)12-19(15-8-4-3-7-14(15)17)26-18-10-6-5-9-16(18)20(21,22)23/h3-10,13,17,19H,11-12,24H2,1-2H3. The summed E-state index contributed by atoms with van der Waals surface area (Å²) < 4.78 is 45.8. The largest absolute Gasteiger partial charge is 0.485 e. The van der Waals surface area contributed by atoms with E-state index < -0.39 is 17.8 Å². The Labute approximate surface area is 151 Å². The van der Waals surface area contributed by atoms with Crippen LogP contribution in [0, 0.1) is 0 Å². The summed E-state index contributed by atoms with van der Waals surface area (Å²) in [5.74, 6) is -0.157. The predicted molar refractivity (Wildman–Crippen MR) is 94.9 cm³/mol. The average Bonchev–Trinajstić information content (AvgIpc) is 2.72. The Morgan fingerprint density at radius 1 is 0.962 bits per heavy atom. The van der Waals surface area contributed by atoms with E-state index in [1.54, 1.807) is 6.07 Å². The van der Waals surface area contributed by atoms with Crippen LogP contribution in [0.4, 0.5) is 13.2 Å². The van der Waals surface area contributed by atoms with Gasteiger partial charge in [-0.05, 0) is 43.8 Å². The Kier molecular flexibility index (Phi) is 5.25. The molecule has 26 heavy (non-hydrogen) atoms. The third kappa shape index (κ3) is 3.86. The first-order valence-corrected chi connectivity index (χ1v) is 8.61. The molecule has 3 unspecified atom stereocenters. The molecule has 1 aliphatic carbocycles. The first kappa shape index (κ1) is 18.7. The maximum atomic E-state index is 13.3. The third-order valence-electron chi connectivity index (χ3n) is 4.83. The molecule has 3 nitrogen and oxygen atoms in total. The zero-order chi connectivity index (χ0) is 18.9. The SMILES string of the molecule is CN(C)C1CC(N)CC(Oc2ccccc2C(F)(F)F)c2ccccc21. The Morgan fingerprint density at radius 2 is 1.58 bits per heavy atom. The summed E-state index contributed by atoms with van der Waals surface area (Å²) >= 11 is 0. The number of hydrogen-bond donors (Lipinski definition) is 1. The van der Waals surface area contributed by atoms with Crippen molar-refractivity contribution in [3.63, 3.8) is 0 Å². The van der Waals surface area contributed by atoms with Crippen molar-refractivity contribution in [3.05, 3.63) is 65.2 Å². The van der Waals surface area contributed by atoms with E-state index in [0.717, 1.165) is 23.6 Å². The molecule has 3 rings (SSSR count). The van der Waals surface area contributed by atoms with Crippen molar-refractivity contribution in [3.8, 4) is 5.75 Å². The fraction of sp³-hybridized carbons (Fsp3) is 0.400. The van der Waals surface area contributed by atoms with Crippen LogP contribution in [0.25, 0.3) is 0 Å². The summed E-state index contributed by atoms with van der Waals surface area (Å²) in [6.45, 7) is 0. The molecule has 0 radical (unpaired) electrons. The van der Waals surface area contributed by atoms with Gasteiger partial charge in [0.2, 0.25) is 0 Å². The third-order valence-corrected chi connectivity index (χ3v) is 4.83. The lowest BCUT2D eigenvalue weighted by molar-refractivity contribution is -0.139. The van der Waals surface area contributed by atoms with Gasteiger partial charge in [0.1, 0.15) is 11.9 Å². The van der Waals surface area contributed by atoms with Crippen molar-refractivity contribution in [2.75, 3.05) is 14.1 Å². The molecule has 2 aromatic rings. The van der Waals surface area contributed by atoms with Crippen LogP contribution in [-0.2, 0) is 6.18 Å². The second-order valence-corrected chi connectivity index (χ2v) is 6.94. The van der Waals surface area contributed by atoms with E-state index >= 15 is 0 Å². The molecule has 6 heteroatoms. The van der Waals surface area contributed by atoms with Crippen molar-refractivity contribution in [2.24, 2.45) is 5.73 Å². The van der Waals surface area contributed by atoms with Crippen LogP contribution in [0.3, 0.4) is 0 Å². The summed E-state index contributed by atoms with van der Waals surface area (Å²) in [5, 5.41) is 0. The number of para-hydroxylation sites is 1. The van der Waals surface area contributed by atoms with E-state index in [4.69, 9.17) is 10.5 Å². The minimum atomic E-state index is -4.46. The zero-order valence-corrected chi connectivity index (χ0v) is 14.8. The van der Waals surface area contributed by atoms with Crippen molar-refractivity contribution < 1.29 is 17.9 Å². The number of halogens is 3. The summed E-state index contributed by atoms with van der Waals surface area (Å²) in [5.41, 5.74) is 7.47. The Bertz CT molecular complexity index is 761. The lowest BCUT2D eigenvalue weighted by atomic mass is 9.97. The number of alkyl halides is 3. The topological polar surface area (TPSA) is 38.5 Å². The summed E-state index contributed by atoms with van der Waals surface area (Å²) in [7, 11) is 3.96. The molecule has 3 atom stereocenters. The number of fused-ring (bicyclic) bond motifs is 1. The molecule has 0 saturated carbocycles. The van der Waals surface area contributed by atoms with E-state index in [0.29, 0.717) is 6.42 Å². The molecule has 0 aromatic heterocycles. The molecule has 1 aliphatic rings. The second-order valence-electron chi connectivity index (χ2n) is 6.94. The molecule has 2 N–H and O–H groups in total. The number of rotatable bonds is 3. The smallest absolute Gasteiger partial charge is 0.419 e. The van der Waals surface area contributed by atoms with Crippen molar-refractivity contribution in [1.29, 1.82) is 0 Å². The van der Waals surface area contributed by atoms with Gasteiger partial charge < -0.3 is 15.4 Å². The number of nitrogens with two attached hydrogens (primary N) is 1. The van der Waals surface area contributed by atoms with Crippen molar-refractivity contribution in [1.82, 2.24) is 4.90 Å². The van der Waals surface area contributed by atoms with Crippen LogP contribution in [-0.4, -0.2) is 25.0 Å². The van der Waals surface area contributed by atoms with Gasteiger partial charge in [0.15, 0.2) is 0 Å². The molecule has 0 spiro atoms. The van der Waals surface area contributed by atoms with E-state index in [2.05, 4.69) is 4.90 Å². The minimum absolute atomic E-state index is 0.104. The molecule has 0 fully saturated rings. The molecular formula is C20H23F3N2O. The molecule has 140 valence electrons. The van der Waals surface area contributed by atoms with Gasteiger partial charge in [-0.3, -0.25) is 0 Å². The van der Waals surface area contributed by atoms with Crippen LogP contribution in [0.1, 0.15) is 41.7 Å². The second kappa shape index (κ2) is 7.29. The van der Waals surface area contributed by atoms with Crippen molar-refractivity contribution >= 4 is 0 Å². The number of benzene rings is 2. The quantitative estimate of drug-likeness (QED) is 0.812. The fourth-order valence-electron chi connectivity index (χ4n) is 3.58. The van der Waals surface area contributed by atoms with Gasteiger partial charge in [-0.25, -0.2) is 0 Å². The number of hydrogen-bond acceptors (Lipinski definition) is 3. The highest BCUT2D eigenvalue weighted by Crippen LogP contribution is 2.42. The van der Waals surface area contributed by atoms with Crippen LogP contribution in [0.15, 0.2) is 48.5 Å². The van der Waals surface area contributed by atoms with Crippen LogP contribution < -0.4 is 10.5 Å². The van der Waals surface area contributed by atoms with E-state index in [1.165, 1.54) is 12.1 Å². The first-order chi connectivity index (χ1) is 12.3. The maximum Gasteiger partial charge on any atom is 0.419 e. The lowest BCUT2D eigenvalue weighted by Gasteiger charge is -2.26. The number of ether oxygens (including phenoxy) is 1. The average molecular weight is 364 g/mol. The van der Waals surface area contributed by atoms with E-state index in [1.807, 2.05) is 38.4 Å². The van der Waals surface area contributed by atoms with Crippen LogP contribution in [0.5, 0.6) is 5.75 Å². The first-order valence-electron chi connectivity index (χ1n) is 8.61. The highest BCUT2D eigenvalue weighted by molar-refractivity contribution is 5.38. The van der Waals surface area contributed by atoms with Gasteiger partial charge in [0.25, 0.3) is 0 Å². The van der Waals surface area contributed by atoms with Gasteiger partial charge in [0, 0.05) is 18.5 Å². The molecule has 2 aromatic carbocycles. The Morgan fingerprint density at radius 3 is 2.23 bits per heavy atom. The molecule has 0 saturated heterocycles. The van der Waals surface area contributed by atoms with Gasteiger partial charge >= 0.3 is 6.18 Å². The van der Waals surface area contributed by atoms with Gasteiger partial charge in [-0.2, -0.15) is 13.2 Å². The normalized spacial score (nSPS) is 23.4. The highest BCUT2D eigenvalue weighted by Gasteiger charge is 2.36. The van der Waals surface area contributed by atoms with Gasteiger partial charge in [-0.1, -0.05) is 36.4 Å². The lowest BCUT2D eigenvalue weighted by Crippen LogP contribution is -2.28. The molecule has 0 bridgehead atoms. The zero-order valence-electron chi connectivity index (χ0n) is 14.8. The minimum Gasteiger partial charge on any atom is -0.485 e. The highest BCUT2D eigenvalue weighted by atomic mass is 19.4. The fourth-order valence-corrected chi connectivity index (χ4v) is 3.58. The van der Waals surface area contributed by atoms with Crippen LogP contribution >= 0.6 is 0 Å². The van der Waals surface area contributed by atoms with Gasteiger partial charge in [-0.15, -0.1) is 0 Å². The Balaban J connectivity index is 2.01. The van der Waals surface area contributed by atoms with E-state index in [9.17, 15) is 13.2 Å². The molecular weight excluding hydrogens is 341 g/mol. The maximum absolute atomic E-state index is 13.3. The monoisotopic (exact) mass is 364 g/mol. The van der Waals surface area contributed by atoms with Gasteiger partial charge in [0.05, 0.1) is 5.56 Å². The Hall–Kier alpha value is -2.05. The van der Waals surface area contributed by atoms with Crippen LogP contribution in [0.2, 0.25) is 0 Å². The molecule has 0 heterocycles. The van der Waals surface area contributed by atoms with E-state index in [-0.39, 0.29) is 17.8 Å². The summed E-state index contributed by atoms with van der Waals surface area (Å²) in [4.78, 5) is 2.09. The molecule has 0 amide bonds. The number of nitrogens with zero attached hydrogens (tertiary/aromatic N) is 1. The van der Waals surface area contributed by atoms with Crippen molar-refractivity contribution in [2.45, 2.75) is 37.2 Å². The summed E-state index contributed by atoms with van der Waals surface area (Å²) in [6, 6.07) is 13.0. The summed E-state index contributed by atoms with van der Waals surface area (Å²) in [6.07, 6.45) is -3.79. The molecule has 0 aliphatic heterocycles. The predicted octanol–water partition coefficient (Wildman–Crippen LogP) is 4.55.